The second-order valence-electron chi connectivity index (χ2n) is 5.68. The van der Waals surface area contributed by atoms with E-state index in [9.17, 15) is 15.0 Å². The Balaban J connectivity index is 2.04. The van der Waals surface area contributed by atoms with Gasteiger partial charge in [-0.15, -0.1) is 0 Å². The number of Topliss-reactive ketones (excluding diaryl/α,β-unsaturated/α-hetero) is 1. The standard InChI is InChI=1S/C15H22N2O3/c1-10-7-17(8-11(2)16(10)3)9-15(20)13-5-4-12(18)6-14(13)19/h4-6,10-11,18-19H,7-9H2,1-3H3. The minimum Gasteiger partial charge on any atom is -0.508 e. The lowest BCUT2D eigenvalue weighted by molar-refractivity contribution is 0.0548. The van der Waals surface area contributed by atoms with Crippen LogP contribution in [0, 0.1) is 0 Å². The molecule has 1 heterocycles. The average molecular weight is 278 g/mol. The van der Waals surface area contributed by atoms with Crippen LogP contribution >= 0.6 is 0 Å². The summed E-state index contributed by atoms with van der Waals surface area (Å²) in [5.41, 5.74) is 0.266. The lowest BCUT2D eigenvalue weighted by Crippen LogP contribution is -2.55. The first-order valence-electron chi connectivity index (χ1n) is 6.88. The Hall–Kier alpha value is -1.59. The summed E-state index contributed by atoms with van der Waals surface area (Å²) in [7, 11) is 2.10. The van der Waals surface area contributed by atoms with Crippen LogP contribution in [0.3, 0.4) is 0 Å². The van der Waals surface area contributed by atoms with Gasteiger partial charge in [-0.1, -0.05) is 0 Å². The van der Waals surface area contributed by atoms with E-state index in [-0.39, 0.29) is 22.8 Å². The summed E-state index contributed by atoms with van der Waals surface area (Å²) in [5, 5.41) is 19.0. The van der Waals surface area contributed by atoms with Gasteiger partial charge in [-0.3, -0.25) is 14.6 Å². The first-order chi connectivity index (χ1) is 9.38. The number of phenols is 2. The van der Waals surface area contributed by atoms with Crippen molar-refractivity contribution in [2.24, 2.45) is 0 Å². The number of benzene rings is 1. The third-order valence-electron chi connectivity index (χ3n) is 4.08. The summed E-state index contributed by atoms with van der Waals surface area (Å²) in [6, 6.07) is 4.89. The molecule has 0 radical (unpaired) electrons. The fourth-order valence-electron chi connectivity index (χ4n) is 2.69. The number of likely N-dealkylation sites (N-methyl/N-ethyl adjacent to an activating group) is 1. The Morgan fingerprint density at radius 2 is 1.85 bits per heavy atom. The van der Waals surface area contributed by atoms with Crippen molar-refractivity contribution in [3.05, 3.63) is 23.8 Å². The summed E-state index contributed by atoms with van der Waals surface area (Å²) >= 11 is 0. The Morgan fingerprint density at radius 3 is 2.40 bits per heavy atom. The Morgan fingerprint density at radius 1 is 1.25 bits per heavy atom. The van der Waals surface area contributed by atoms with Crippen molar-refractivity contribution in [2.45, 2.75) is 25.9 Å². The minimum atomic E-state index is -0.162. The van der Waals surface area contributed by atoms with E-state index in [4.69, 9.17) is 0 Å². The molecule has 0 amide bonds. The topological polar surface area (TPSA) is 64.0 Å². The van der Waals surface area contributed by atoms with Crippen molar-refractivity contribution in [1.82, 2.24) is 9.80 Å². The molecule has 1 aliphatic rings. The van der Waals surface area contributed by atoms with Gasteiger partial charge >= 0.3 is 0 Å². The number of phenolic OH excluding ortho intramolecular Hbond substituents is 2. The summed E-state index contributed by atoms with van der Waals surface area (Å²) in [5.74, 6) is -0.322. The maximum Gasteiger partial charge on any atom is 0.180 e. The molecule has 5 nitrogen and oxygen atoms in total. The lowest BCUT2D eigenvalue weighted by Gasteiger charge is -2.42. The van der Waals surface area contributed by atoms with Crippen LogP contribution in [0.5, 0.6) is 11.5 Å². The second-order valence-corrected chi connectivity index (χ2v) is 5.68. The van der Waals surface area contributed by atoms with Crippen molar-refractivity contribution >= 4 is 5.78 Å². The highest BCUT2D eigenvalue weighted by atomic mass is 16.3. The van der Waals surface area contributed by atoms with Crippen molar-refractivity contribution in [3.63, 3.8) is 0 Å². The number of nitrogens with zero attached hydrogens (tertiary/aromatic N) is 2. The molecule has 2 rings (SSSR count). The highest BCUT2D eigenvalue weighted by Gasteiger charge is 2.28. The van der Waals surface area contributed by atoms with Gasteiger partial charge in [0.1, 0.15) is 11.5 Å². The van der Waals surface area contributed by atoms with Gasteiger partial charge in [0.2, 0.25) is 0 Å². The predicted molar refractivity (Wildman–Crippen MR) is 77.2 cm³/mol. The van der Waals surface area contributed by atoms with E-state index < -0.39 is 0 Å². The van der Waals surface area contributed by atoms with E-state index in [1.54, 1.807) is 0 Å². The lowest BCUT2D eigenvalue weighted by atomic mass is 10.1. The first-order valence-corrected chi connectivity index (χ1v) is 6.88. The van der Waals surface area contributed by atoms with Crippen molar-refractivity contribution in [1.29, 1.82) is 0 Å². The van der Waals surface area contributed by atoms with Gasteiger partial charge in [0, 0.05) is 31.2 Å². The molecule has 0 bridgehead atoms. The average Bonchev–Trinajstić information content (AvgIpc) is 2.35. The van der Waals surface area contributed by atoms with Crippen LogP contribution in [0.4, 0.5) is 0 Å². The monoisotopic (exact) mass is 278 g/mol. The van der Waals surface area contributed by atoms with Gasteiger partial charge in [-0.05, 0) is 33.0 Å². The second kappa shape index (κ2) is 5.81. The quantitative estimate of drug-likeness (QED) is 0.816. The summed E-state index contributed by atoms with van der Waals surface area (Å²) in [6.07, 6.45) is 0. The fraction of sp³-hybridized carbons (Fsp3) is 0.533. The van der Waals surface area contributed by atoms with Gasteiger partial charge in [0.15, 0.2) is 5.78 Å². The van der Waals surface area contributed by atoms with Gasteiger partial charge < -0.3 is 10.2 Å². The number of ketones is 1. The zero-order valence-electron chi connectivity index (χ0n) is 12.2. The van der Waals surface area contributed by atoms with Crippen LogP contribution in [0.25, 0.3) is 0 Å². The molecule has 1 aromatic rings. The molecule has 2 unspecified atom stereocenters. The van der Waals surface area contributed by atoms with Crippen LogP contribution in [-0.4, -0.2) is 64.6 Å². The van der Waals surface area contributed by atoms with Gasteiger partial charge in [0.25, 0.3) is 0 Å². The van der Waals surface area contributed by atoms with E-state index in [1.165, 1.54) is 18.2 Å². The van der Waals surface area contributed by atoms with Crippen molar-refractivity contribution in [3.8, 4) is 11.5 Å². The minimum absolute atomic E-state index is 0.0408. The molecule has 2 N–H and O–H groups in total. The number of rotatable bonds is 3. The highest BCUT2D eigenvalue weighted by Crippen LogP contribution is 2.23. The molecule has 5 heteroatoms. The van der Waals surface area contributed by atoms with E-state index in [0.29, 0.717) is 18.6 Å². The number of hydrogen-bond acceptors (Lipinski definition) is 5. The van der Waals surface area contributed by atoms with Crippen LogP contribution in [0.15, 0.2) is 18.2 Å². The largest absolute Gasteiger partial charge is 0.508 e. The summed E-state index contributed by atoms with van der Waals surface area (Å²) in [4.78, 5) is 16.7. The molecule has 0 saturated carbocycles. The Labute approximate surface area is 119 Å². The van der Waals surface area contributed by atoms with Crippen LogP contribution in [0.1, 0.15) is 24.2 Å². The number of hydrogen-bond donors (Lipinski definition) is 2. The first kappa shape index (κ1) is 14.8. The van der Waals surface area contributed by atoms with Crippen LogP contribution < -0.4 is 0 Å². The molecule has 2 atom stereocenters. The maximum atomic E-state index is 12.2. The van der Waals surface area contributed by atoms with Crippen LogP contribution in [0.2, 0.25) is 0 Å². The van der Waals surface area contributed by atoms with Crippen LogP contribution in [-0.2, 0) is 0 Å². The number of aromatic hydroxyl groups is 2. The SMILES string of the molecule is CC1CN(CC(=O)c2ccc(O)cc2O)CC(C)N1C. The Kier molecular flexibility index (Phi) is 4.30. The smallest absolute Gasteiger partial charge is 0.180 e. The van der Waals surface area contributed by atoms with Gasteiger partial charge in [-0.2, -0.15) is 0 Å². The Bertz CT molecular complexity index is 492. The molecule has 20 heavy (non-hydrogen) atoms. The molecular weight excluding hydrogens is 256 g/mol. The zero-order valence-corrected chi connectivity index (χ0v) is 12.2. The molecule has 0 aromatic heterocycles. The molecular formula is C15H22N2O3. The predicted octanol–water partition coefficient (Wildman–Crippen LogP) is 1.30. The van der Waals surface area contributed by atoms with E-state index in [1.807, 2.05) is 0 Å². The molecule has 110 valence electrons. The van der Waals surface area contributed by atoms with Crippen molar-refractivity contribution < 1.29 is 15.0 Å². The van der Waals surface area contributed by atoms with E-state index >= 15 is 0 Å². The number of piperazine rings is 1. The number of carbonyl (C=O) groups excluding carboxylic acids is 1. The molecule has 0 aliphatic carbocycles. The molecule has 1 saturated heterocycles. The van der Waals surface area contributed by atoms with Gasteiger partial charge in [0.05, 0.1) is 12.1 Å². The molecule has 1 aromatic carbocycles. The third kappa shape index (κ3) is 3.11. The van der Waals surface area contributed by atoms with Gasteiger partial charge in [-0.25, -0.2) is 0 Å². The number of carbonyl (C=O) groups is 1. The fourth-order valence-corrected chi connectivity index (χ4v) is 2.69. The zero-order chi connectivity index (χ0) is 14.9. The summed E-state index contributed by atoms with van der Waals surface area (Å²) in [6.45, 7) is 6.26. The van der Waals surface area contributed by atoms with Crippen molar-refractivity contribution in [2.75, 3.05) is 26.7 Å². The molecule has 1 fully saturated rings. The third-order valence-corrected chi connectivity index (χ3v) is 4.08. The highest BCUT2D eigenvalue weighted by molar-refractivity contribution is 6.00. The van der Waals surface area contributed by atoms with E-state index in [0.717, 1.165) is 13.1 Å². The maximum absolute atomic E-state index is 12.2. The summed E-state index contributed by atoms with van der Waals surface area (Å²) < 4.78 is 0. The molecule has 1 aliphatic heterocycles. The molecule has 0 spiro atoms. The normalized spacial score (nSPS) is 24.8. The van der Waals surface area contributed by atoms with E-state index in [2.05, 4.69) is 30.7 Å².